The number of rotatable bonds is 3. The number of carboxylic acids is 1. The molecule has 0 spiro atoms. The van der Waals surface area contributed by atoms with Crippen molar-refractivity contribution in [1.29, 1.82) is 0 Å². The second-order valence-corrected chi connectivity index (χ2v) is 4.29. The lowest BCUT2D eigenvalue weighted by molar-refractivity contribution is 0.0588. The van der Waals surface area contributed by atoms with Gasteiger partial charge in [0.05, 0.1) is 25.6 Å². The van der Waals surface area contributed by atoms with E-state index in [0.717, 1.165) is 6.33 Å². The fourth-order valence-corrected chi connectivity index (χ4v) is 1.57. The maximum absolute atomic E-state index is 11.2. The van der Waals surface area contributed by atoms with Gasteiger partial charge in [0.15, 0.2) is 22.9 Å². The highest BCUT2D eigenvalue weighted by Crippen LogP contribution is 2.19. The lowest BCUT2D eigenvalue weighted by Crippen LogP contribution is -2.08. The number of carbonyl (C=O) groups is 2. The Bertz CT molecular complexity index is 750. The number of hydrogen-bond donors (Lipinski definition) is 2. The van der Waals surface area contributed by atoms with Gasteiger partial charge in [-0.2, -0.15) is 0 Å². The molecule has 0 saturated carbocycles. The Morgan fingerprint density at radius 2 is 1.50 bits per heavy atom. The third kappa shape index (κ3) is 4.35. The highest BCUT2D eigenvalue weighted by Gasteiger charge is 2.16. The van der Waals surface area contributed by atoms with Gasteiger partial charge >= 0.3 is 11.9 Å². The number of ether oxygens (including phenoxy) is 2. The normalized spacial score (nSPS) is 9.50. The molecule has 10 nitrogen and oxygen atoms in total. The van der Waals surface area contributed by atoms with E-state index in [-0.39, 0.29) is 22.8 Å². The average Bonchev–Trinajstić information content (AvgIpc) is 2.56. The van der Waals surface area contributed by atoms with Crippen LogP contribution in [0.2, 0.25) is 0 Å². The summed E-state index contributed by atoms with van der Waals surface area (Å²) < 4.78 is 9.50. The van der Waals surface area contributed by atoms with E-state index in [1.165, 1.54) is 27.5 Å². The van der Waals surface area contributed by atoms with Crippen LogP contribution in [0.4, 0.5) is 0 Å². The number of methoxy groups -OCH3 is 2. The third-order valence-electron chi connectivity index (χ3n) is 2.77. The number of aromatic carboxylic acids is 1. The molecule has 0 unspecified atom stereocenters. The molecular weight excluding hydrogens is 320 g/mol. The summed E-state index contributed by atoms with van der Waals surface area (Å²) in [6, 6.07) is 0. The zero-order valence-corrected chi connectivity index (χ0v) is 13.5. The monoisotopic (exact) mass is 336 g/mol. The van der Waals surface area contributed by atoms with Crippen LogP contribution in [0.15, 0.2) is 12.7 Å². The van der Waals surface area contributed by atoms with Crippen molar-refractivity contribution in [2.24, 2.45) is 0 Å². The van der Waals surface area contributed by atoms with Crippen molar-refractivity contribution >= 4 is 11.9 Å². The van der Waals surface area contributed by atoms with Crippen molar-refractivity contribution < 1.29 is 29.3 Å². The zero-order chi connectivity index (χ0) is 18.3. The predicted octanol–water partition coefficient (Wildman–Crippen LogP) is 0.769. The summed E-state index contributed by atoms with van der Waals surface area (Å²) in [4.78, 5) is 36.1. The molecule has 0 bridgehead atoms. The van der Waals surface area contributed by atoms with Gasteiger partial charge in [0.25, 0.3) is 0 Å². The molecule has 128 valence electrons. The van der Waals surface area contributed by atoms with Crippen molar-refractivity contribution in [3.8, 4) is 11.5 Å². The maximum Gasteiger partial charge on any atom is 0.360 e. The quantitative estimate of drug-likeness (QED) is 0.771. The molecule has 0 atom stereocenters. The molecule has 0 fully saturated rings. The number of esters is 1. The van der Waals surface area contributed by atoms with Crippen molar-refractivity contribution in [3.63, 3.8) is 0 Å². The van der Waals surface area contributed by atoms with Gasteiger partial charge in [-0.1, -0.05) is 0 Å². The van der Waals surface area contributed by atoms with E-state index in [9.17, 15) is 9.59 Å². The van der Waals surface area contributed by atoms with E-state index in [0.29, 0.717) is 11.4 Å². The molecule has 24 heavy (non-hydrogen) atoms. The van der Waals surface area contributed by atoms with Crippen molar-refractivity contribution in [3.05, 3.63) is 35.4 Å². The first-order valence-corrected chi connectivity index (χ1v) is 6.51. The number of aromatic hydroxyl groups is 1. The summed E-state index contributed by atoms with van der Waals surface area (Å²) in [6.45, 7) is 3.23. The highest BCUT2D eigenvalue weighted by atomic mass is 16.5. The molecular formula is C14H16N4O6. The smallest absolute Gasteiger partial charge is 0.360 e. The summed E-state index contributed by atoms with van der Waals surface area (Å²) in [5, 5.41) is 17.5. The van der Waals surface area contributed by atoms with Gasteiger partial charge in [0, 0.05) is 0 Å². The number of aryl methyl sites for hydroxylation is 2. The Hall–Kier alpha value is -3.30. The Kier molecular flexibility index (Phi) is 6.53. The number of carboxylic acid groups (broad SMARTS) is 1. The second kappa shape index (κ2) is 8.36. The first-order chi connectivity index (χ1) is 11.3. The molecule has 0 radical (unpaired) electrons. The van der Waals surface area contributed by atoms with Crippen LogP contribution in [-0.2, 0) is 4.74 Å². The van der Waals surface area contributed by atoms with E-state index >= 15 is 0 Å². The summed E-state index contributed by atoms with van der Waals surface area (Å²) in [5.74, 6) is -1.80. The number of aromatic nitrogens is 4. The Balaban J connectivity index is 0.000000243. The van der Waals surface area contributed by atoms with Crippen LogP contribution in [0.3, 0.4) is 0 Å². The standard InChI is InChI=1S/C8H10N2O3.C6H6N2O3/c1-5-7(12-2)6(8(11)13-3)10-4-9-5;1-3-5(9)4(6(10)11)8-2-7-3/h4H,1-3H3;2,9H,1H3,(H,10,11). The molecule has 2 N–H and O–H groups in total. The predicted molar refractivity (Wildman–Crippen MR) is 80.1 cm³/mol. The first kappa shape index (κ1) is 18.7. The third-order valence-corrected chi connectivity index (χ3v) is 2.77. The SMILES string of the molecule is COC(=O)c1ncnc(C)c1OC.Cc1ncnc(C(=O)O)c1O. The van der Waals surface area contributed by atoms with E-state index in [1.807, 2.05) is 0 Å². The lowest BCUT2D eigenvalue weighted by Gasteiger charge is -2.06. The molecule has 0 saturated heterocycles. The van der Waals surface area contributed by atoms with Gasteiger partial charge in [-0.25, -0.2) is 29.5 Å². The number of carbonyl (C=O) groups excluding carboxylic acids is 1. The Morgan fingerprint density at radius 3 is 1.96 bits per heavy atom. The largest absolute Gasteiger partial charge is 0.504 e. The molecule has 0 aromatic carbocycles. The molecule has 0 aliphatic heterocycles. The van der Waals surface area contributed by atoms with Gasteiger partial charge in [-0.3, -0.25) is 0 Å². The average molecular weight is 336 g/mol. The number of nitrogens with zero attached hydrogens (tertiary/aromatic N) is 4. The van der Waals surface area contributed by atoms with Crippen LogP contribution in [-0.4, -0.2) is 56.3 Å². The molecule has 0 aliphatic rings. The van der Waals surface area contributed by atoms with E-state index in [1.54, 1.807) is 6.92 Å². The minimum Gasteiger partial charge on any atom is -0.504 e. The van der Waals surface area contributed by atoms with Crippen LogP contribution < -0.4 is 4.74 Å². The Labute approximate surface area is 137 Å². The zero-order valence-electron chi connectivity index (χ0n) is 13.5. The highest BCUT2D eigenvalue weighted by molar-refractivity contribution is 5.90. The molecule has 2 rings (SSSR count). The van der Waals surface area contributed by atoms with E-state index in [2.05, 4.69) is 24.7 Å². The van der Waals surface area contributed by atoms with E-state index in [4.69, 9.17) is 14.9 Å². The fraction of sp³-hybridized carbons (Fsp3) is 0.286. The molecule has 10 heteroatoms. The van der Waals surface area contributed by atoms with Crippen molar-refractivity contribution in [2.75, 3.05) is 14.2 Å². The Morgan fingerprint density at radius 1 is 0.958 bits per heavy atom. The lowest BCUT2D eigenvalue weighted by atomic mass is 10.3. The van der Waals surface area contributed by atoms with Crippen LogP contribution in [0.25, 0.3) is 0 Å². The first-order valence-electron chi connectivity index (χ1n) is 6.51. The molecule has 0 amide bonds. The van der Waals surface area contributed by atoms with Crippen molar-refractivity contribution in [2.45, 2.75) is 13.8 Å². The molecule has 2 aromatic heterocycles. The minimum atomic E-state index is -1.26. The summed E-state index contributed by atoms with van der Waals surface area (Å²) >= 11 is 0. The molecule has 2 heterocycles. The minimum absolute atomic E-state index is 0.150. The van der Waals surface area contributed by atoms with Gasteiger partial charge in [0.1, 0.15) is 12.7 Å². The summed E-state index contributed by atoms with van der Waals surface area (Å²) in [6.07, 6.45) is 2.39. The van der Waals surface area contributed by atoms with Gasteiger partial charge < -0.3 is 19.7 Å². The topological polar surface area (TPSA) is 145 Å². The van der Waals surface area contributed by atoms with Crippen molar-refractivity contribution in [1.82, 2.24) is 19.9 Å². The number of hydrogen-bond acceptors (Lipinski definition) is 9. The molecule has 0 aliphatic carbocycles. The molecule has 2 aromatic rings. The van der Waals surface area contributed by atoms with Crippen LogP contribution in [0.5, 0.6) is 11.5 Å². The van der Waals surface area contributed by atoms with Gasteiger partial charge in [-0.05, 0) is 13.8 Å². The summed E-state index contributed by atoms with van der Waals surface area (Å²) in [7, 11) is 2.75. The second-order valence-electron chi connectivity index (χ2n) is 4.29. The maximum atomic E-state index is 11.2. The van der Waals surface area contributed by atoms with E-state index < -0.39 is 11.9 Å². The fourth-order valence-electron chi connectivity index (χ4n) is 1.57. The van der Waals surface area contributed by atoms with Crippen LogP contribution >= 0.6 is 0 Å². The van der Waals surface area contributed by atoms with Crippen LogP contribution in [0.1, 0.15) is 32.4 Å². The van der Waals surface area contributed by atoms with Gasteiger partial charge in [-0.15, -0.1) is 0 Å². The summed E-state index contributed by atoms with van der Waals surface area (Å²) in [5.41, 5.74) is 0.658. The van der Waals surface area contributed by atoms with Crippen LogP contribution in [0, 0.1) is 13.8 Å². The van der Waals surface area contributed by atoms with Gasteiger partial charge in [0.2, 0.25) is 0 Å².